The Kier molecular flexibility index (Phi) is 3.58. The maximum atomic E-state index is 11.6. The fourth-order valence-electron chi connectivity index (χ4n) is 0.977. The number of hydrogen-bond acceptors (Lipinski definition) is 4. The number of rotatable bonds is 4. The first kappa shape index (κ1) is 10.6. The van der Waals surface area contributed by atoms with Gasteiger partial charge < -0.3 is 10.6 Å². The minimum Gasteiger partial charge on any atom is -0.341 e. The molecule has 6 heteroatoms. The van der Waals surface area contributed by atoms with Crippen molar-refractivity contribution in [2.24, 2.45) is 5.73 Å². The van der Waals surface area contributed by atoms with Crippen molar-refractivity contribution < 1.29 is 4.79 Å². The molecule has 1 aromatic heterocycles. The third kappa shape index (κ3) is 2.29. The van der Waals surface area contributed by atoms with Crippen LogP contribution in [0.15, 0.2) is 6.20 Å². The monoisotopic (exact) mass is 197 g/mol. The second-order valence-electron chi connectivity index (χ2n) is 2.97. The summed E-state index contributed by atoms with van der Waals surface area (Å²) in [7, 11) is 1.73. The van der Waals surface area contributed by atoms with Gasteiger partial charge in [-0.1, -0.05) is 5.21 Å². The van der Waals surface area contributed by atoms with Crippen LogP contribution in [0.4, 0.5) is 0 Å². The molecule has 0 atom stereocenters. The van der Waals surface area contributed by atoms with Gasteiger partial charge in [0.2, 0.25) is 0 Å². The fourth-order valence-corrected chi connectivity index (χ4v) is 0.977. The normalized spacial score (nSPS) is 10.2. The first-order chi connectivity index (χ1) is 6.69. The molecule has 0 spiro atoms. The molecule has 0 radical (unpaired) electrons. The zero-order chi connectivity index (χ0) is 10.6. The lowest BCUT2D eigenvalue weighted by Crippen LogP contribution is -2.26. The lowest BCUT2D eigenvalue weighted by molar-refractivity contribution is 0.0796. The number of carbonyl (C=O) groups is 1. The number of amides is 1. The summed E-state index contributed by atoms with van der Waals surface area (Å²) in [5.74, 6) is -0.115. The van der Waals surface area contributed by atoms with Gasteiger partial charge in [0, 0.05) is 20.1 Å². The van der Waals surface area contributed by atoms with Crippen LogP contribution >= 0.6 is 0 Å². The molecule has 0 unspecified atom stereocenters. The van der Waals surface area contributed by atoms with E-state index in [9.17, 15) is 4.79 Å². The Morgan fingerprint density at radius 3 is 3.00 bits per heavy atom. The highest BCUT2D eigenvalue weighted by Crippen LogP contribution is 1.98. The SMILES string of the molecule is CCN(C)C(=O)c1cn(CCN)nn1. The summed E-state index contributed by atoms with van der Waals surface area (Å²) in [6.07, 6.45) is 1.61. The van der Waals surface area contributed by atoms with Gasteiger partial charge >= 0.3 is 0 Å². The van der Waals surface area contributed by atoms with E-state index < -0.39 is 0 Å². The molecule has 1 heterocycles. The van der Waals surface area contributed by atoms with Gasteiger partial charge in [-0.15, -0.1) is 5.10 Å². The number of aromatic nitrogens is 3. The van der Waals surface area contributed by atoms with Crippen LogP contribution in [0.2, 0.25) is 0 Å². The molecule has 1 rings (SSSR count). The van der Waals surface area contributed by atoms with Crippen molar-refractivity contribution in [3.63, 3.8) is 0 Å². The molecule has 0 aliphatic rings. The summed E-state index contributed by atoms with van der Waals surface area (Å²) >= 11 is 0. The molecule has 0 aliphatic heterocycles. The van der Waals surface area contributed by atoms with E-state index in [4.69, 9.17) is 5.73 Å². The van der Waals surface area contributed by atoms with Gasteiger partial charge in [-0.2, -0.15) is 0 Å². The van der Waals surface area contributed by atoms with Crippen LogP contribution in [0.1, 0.15) is 17.4 Å². The van der Waals surface area contributed by atoms with Gasteiger partial charge in [-0.25, -0.2) is 0 Å². The minimum absolute atomic E-state index is 0.115. The summed E-state index contributed by atoms with van der Waals surface area (Å²) in [6, 6.07) is 0. The van der Waals surface area contributed by atoms with E-state index >= 15 is 0 Å². The third-order valence-corrected chi connectivity index (χ3v) is 1.94. The molecule has 0 saturated heterocycles. The number of carbonyl (C=O) groups excluding carboxylic acids is 1. The number of nitrogens with two attached hydrogens (primary N) is 1. The van der Waals surface area contributed by atoms with Gasteiger partial charge in [0.1, 0.15) is 0 Å². The summed E-state index contributed by atoms with van der Waals surface area (Å²) in [5, 5.41) is 7.55. The quantitative estimate of drug-likeness (QED) is 0.694. The van der Waals surface area contributed by atoms with Gasteiger partial charge in [0.05, 0.1) is 12.7 Å². The second-order valence-corrected chi connectivity index (χ2v) is 2.97. The molecular formula is C8H15N5O. The van der Waals surface area contributed by atoms with Crippen LogP contribution in [-0.2, 0) is 6.54 Å². The van der Waals surface area contributed by atoms with Crippen LogP contribution in [0.25, 0.3) is 0 Å². The molecule has 6 nitrogen and oxygen atoms in total. The average molecular weight is 197 g/mol. The maximum absolute atomic E-state index is 11.6. The third-order valence-electron chi connectivity index (χ3n) is 1.94. The fraction of sp³-hybridized carbons (Fsp3) is 0.625. The molecule has 14 heavy (non-hydrogen) atoms. The maximum Gasteiger partial charge on any atom is 0.275 e. The summed E-state index contributed by atoms with van der Waals surface area (Å²) in [5.41, 5.74) is 5.71. The Balaban J connectivity index is 2.71. The van der Waals surface area contributed by atoms with E-state index in [0.717, 1.165) is 0 Å². The highest BCUT2D eigenvalue weighted by Gasteiger charge is 2.13. The van der Waals surface area contributed by atoms with Crippen molar-refractivity contribution in [3.8, 4) is 0 Å². The van der Waals surface area contributed by atoms with Crippen molar-refractivity contribution in [2.75, 3.05) is 20.1 Å². The average Bonchev–Trinajstić information content (AvgIpc) is 2.64. The Labute approximate surface area is 82.7 Å². The molecular weight excluding hydrogens is 182 g/mol. The van der Waals surface area contributed by atoms with E-state index in [1.54, 1.807) is 22.8 Å². The summed E-state index contributed by atoms with van der Waals surface area (Å²) in [6.45, 7) is 3.63. The molecule has 78 valence electrons. The van der Waals surface area contributed by atoms with E-state index in [1.807, 2.05) is 6.92 Å². The second kappa shape index (κ2) is 4.71. The molecule has 0 saturated carbocycles. The lowest BCUT2D eigenvalue weighted by Gasteiger charge is -2.11. The van der Waals surface area contributed by atoms with Crippen LogP contribution in [0.3, 0.4) is 0 Å². The summed E-state index contributed by atoms with van der Waals surface area (Å²) in [4.78, 5) is 13.2. The highest BCUT2D eigenvalue weighted by molar-refractivity contribution is 5.91. The molecule has 2 N–H and O–H groups in total. The molecule has 1 aromatic rings. The van der Waals surface area contributed by atoms with Crippen molar-refractivity contribution in [1.29, 1.82) is 0 Å². The molecule has 0 aromatic carbocycles. The van der Waals surface area contributed by atoms with Crippen molar-refractivity contribution in [2.45, 2.75) is 13.5 Å². The van der Waals surface area contributed by atoms with Gasteiger partial charge in [-0.3, -0.25) is 9.48 Å². The Bertz CT molecular complexity index is 308. The molecule has 0 aliphatic carbocycles. The van der Waals surface area contributed by atoms with Crippen molar-refractivity contribution in [3.05, 3.63) is 11.9 Å². The van der Waals surface area contributed by atoms with E-state index in [1.165, 1.54) is 0 Å². The predicted molar refractivity (Wildman–Crippen MR) is 51.7 cm³/mol. The first-order valence-electron chi connectivity index (χ1n) is 4.54. The van der Waals surface area contributed by atoms with E-state index in [-0.39, 0.29) is 5.91 Å². The van der Waals surface area contributed by atoms with Crippen molar-refractivity contribution >= 4 is 5.91 Å². The lowest BCUT2D eigenvalue weighted by atomic mass is 10.4. The minimum atomic E-state index is -0.115. The van der Waals surface area contributed by atoms with E-state index in [2.05, 4.69) is 10.3 Å². The standard InChI is InChI=1S/C8H15N5O/c1-3-12(2)8(14)7-6-13(5-4-9)11-10-7/h6H,3-5,9H2,1-2H3. The predicted octanol–water partition coefficient (Wildman–Crippen LogP) is -0.671. The van der Waals surface area contributed by atoms with Crippen LogP contribution < -0.4 is 5.73 Å². The van der Waals surface area contributed by atoms with Gasteiger partial charge in [0.15, 0.2) is 5.69 Å². The van der Waals surface area contributed by atoms with E-state index in [0.29, 0.717) is 25.3 Å². The van der Waals surface area contributed by atoms with Crippen LogP contribution in [0, 0.1) is 0 Å². The molecule has 0 fully saturated rings. The van der Waals surface area contributed by atoms with Gasteiger partial charge in [-0.05, 0) is 6.92 Å². The first-order valence-corrected chi connectivity index (χ1v) is 4.54. The Morgan fingerprint density at radius 2 is 2.43 bits per heavy atom. The zero-order valence-corrected chi connectivity index (χ0v) is 8.47. The zero-order valence-electron chi connectivity index (χ0n) is 8.47. The Hall–Kier alpha value is -1.43. The molecule has 0 bridgehead atoms. The number of hydrogen-bond donors (Lipinski definition) is 1. The van der Waals surface area contributed by atoms with Crippen molar-refractivity contribution in [1.82, 2.24) is 19.9 Å². The Morgan fingerprint density at radius 1 is 1.71 bits per heavy atom. The highest BCUT2D eigenvalue weighted by atomic mass is 16.2. The van der Waals surface area contributed by atoms with Crippen LogP contribution in [0.5, 0.6) is 0 Å². The largest absolute Gasteiger partial charge is 0.341 e. The smallest absolute Gasteiger partial charge is 0.275 e. The topological polar surface area (TPSA) is 77.0 Å². The number of nitrogens with zero attached hydrogens (tertiary/aromatic N) is 4. The van der Waals surface area contributed by atoms with Crippen LogP contribution in [-0.4, -0.2) is 45.9 Å². The summed E-state index contributed by atoms with van der Waals surface area (Å²) < 4.78 is 1.57. The molecule has 1 amide bonds. The van der Waals surface area contributed by atoms with Gasteiger partial charge in [0.25, 0.3) is 5.91 Å².